The zero-order valence-corrected chi connectivity index (χ0v) is 22.2. The Kier molecular flexibility index (Phi) is 9.54. The first kappa shape index (κ1) is 27.9. The van der Waals surface area contributed by atoms with Crippen molar-refractivity contribution in [2.45, 2.75) is 82.6 Å². The molecule has 0 spiro atoms. The normalized spacial score (nSPS) is 40.1. The average Bonchev–Trinajstić information content (AvgIpc) is 3.29. The number of nitrogens with zero attached hydrogens (tertiary/aromatic N) is 2. The second-order valence-corrected chi connectivity index (χ2v) is 9.66. The Labute approximate surface area is 219 Å². The molecule has 34 heavy (non-hydrogen) atoms. The molecule has 4 aliphatic heterocycles. The standard InChI is InChI=1S/C18H30N5O9P.Na/c1-3-5-10(24)20-18-21-15-12(16(26)22-18)19-8-23(15)17-14(31-11(25)6-4-2)13-9(30-17)7-29-33(27,28)32-13;/h9,12-15,17-19,21H,3-8H2,1-2H3,(H,20,24)(H,22,26)(H,27,28);/q;+1/p-1. The van der Waals surface area contributed by atoms with Crippen molar-refractivity contribution >= 4 is 25.6 Å². The summed E-state index contributed by atoms with van der Waals surface area (Å²) in [4.78, 5) is 40.4. The summed E-state index contributed by atoms with van der Waals surface area (Å²) in [6.07, 6.45) is -3.72. The van der Waals surface area contributed by atoms with Crippen molar-refractivity contribution in [2.75, 3.05) is 13.3 Å². The minimum Gasteiger partial charge on any atom is -0.862 e. The van der Waals surface area contributed by atoms with Crippen molar-refractivity contribution in [3.05, 3.63) is 0 Å². The van der Waals surface area contributed by atoms with Gasteiger partial charge in [-0.25, -0.2) is 9.46 Å². The van der Waals surface area contributed by atoms with Crippen molar-refractivity contribution in [1.82, 2.24) is 20.9 Å². The third-order valence-electron chi connectivity index (χ3n) is 5.78. The summed E-state index contributed by atoms with van der Waals surface area (Å²) in [6, 6.07) is -0.683. The molecule has 0 aliphatic carbocycles. The fraction of sp³-hybridized carbons (Fsp3) is 0.833. The third kappa shape index (κ3) is 6.01. The number of esters is 1. The summed E-state index contributed by atoms with van der Waals surface area (Å²) < 4.78 is 33.7. The van der Waals surface area contributed by atoms with E-state index in [2.05, 4.69) is 20.9 Å². The van der Waals surface area contributed by atoms with Gasteiger partial charge in [0.05, 0.1) is 19.4 Å². The van der Waals surface area contributed by atoms with Crippen molar-refractivity contribution in [3.8, 4) is 0 Å². The number of amides is 1. The van der Waals surface area contributed by atoms with Crippen LogP contribution in [0.3, 0.4) is 0 Å². The first-order valence-electron chi connectivity index (χ1n) is 11.0. The van der Waals surface area contributed by atoms with Gasteiger partial charge in [0, 0.05) is 6.42 Å². The summed E-state index contributed by atoms with van der Waals surface area (Å²) >= 11 is 0. The molecule has 0 aromatic heterocycles. The largest absolute Gasteiger partial charge is 1.00 e. The molecular formula is C18H29N5NaO9P. The number of rotatable bonds is 7. The summed E-state index contributed by atoms with van der Waals surface area (Å²) in [5.41, 5.74) is 0. The number of fused-ring (bicyclic) bond motifs is 2. The first-order chi connectivity index (χ1) is 15.7. The molecule has 4 fully saturated rings. The molecule has 0 aromatic carbocycles. The molecule has 186 valence electrons. The Bertz CT molecular complexity index is 851. The van der Waals surface area contributed by atoms with Crippen molar-refractivity contribution in [3.63, 3.8) is 0 Å². The van der Waals surface area contributed by atoms with Crippen LogP contribution in [0.1, 0.15) is 39.5 Å². The Morgan fingerprint density at radius 2 is 2.09 bits per heavy atom. The maximum absolute atomic E-state index is 12.6. The summed E-state index contributed by atoms with van der Waals surface area (Å²) in [5, 5.41) is 20.8. The van der Waals surface area contributed by atoms with Crippen LogP contribution < -0.4 is 50.6 Å². The number of carbonyl (C=O) groups excluding carboxylic acids is 2. The molecule has 0 saturated carbocycles. The van der Waals surface area contributed by atoms with Crippen LogP contribution in [-0.4, -0.2) is 83.9 Å². The van der Waals surface area contributed by atoms with Gasteiger partial charge in [0.2, 0.25) is 5.91 Å². The summed E-state index contributed by atoms with van der Waals surface area (Å²) in [7, 11) is -4.32. The van der Waals surface area contributed by atoms with E-state index in [1.807, 2.05) is 13.8 Å². The number of hydrogen-bond acceptors (Lipinski definition) is 12. The molecule has 14 nitrogen and oxygen atoms in total. The molecule has 0 aromatic rings. The first-order valence-corrected chi connectivity index (χ1v) is 12.5. The Morgan fingerprint density at radius 1 is 1.35 bits per heavy atom. The van der Waals surface area contributed by atoms with Crippen LogP contribution in [0.15, 0.2) is 4.99 Å². The molecule has 16 heteroatoms. The maximum Gasteiger partial charge on any atom is 1.00 e. The number of aliphatic imine (C=N–C) groups is 1. The second kappa shape index (κ2) is 11.6. The minimum atomic E-state index is -4.32. The fourth-order valence-corrected chi connectivity index (χ4v) is 5.29. The smallest absolute Gasteiger partial charge is 0.862 e. The van der Waals surface area contributed by atoms with Crippen LogP contribution in [0.25, 0.3) is 0 Å². The van der Waals surface area contributed by atoms with E-state index in [9.17, 15) is 24.2 Å². The molecule has 4 saturated heterocycles. The quantitative estimate of drug-likeness (QED) is 0.0838. The zero-order valence-electron chi connectivity index (χ0n) is 19.3. The molecule has 4 heterocycles. The van der Waals surface area contributed by atoms with Gasteiger partial charge in [0.1, 0.15) is 18.2 Å². The van der Waals surface area contributed by atoms with Crippen molar-refractivity contribution in [1.29, 1.82) is 0 Å². The maximum atomic E-state index is 12.6. The van der Waals surface area contributed by atoms with Gasteiger partial charge in [0.15, 0.2) is 18.6 Å². The molecular weight excluding hydrogens is 484 g/mol. The van der Waals surface area contributed by atoms with Gasteiger partial charge in [-0.3, -0.25) is 34.3 Å². The topological polar surface area (TPSA) is 183 Å². The van der Waals surface area contributed by atoms with Gasteiger partial charge in [-0.2, -0.15) is 0 Å². The van der Waals surface area contributed by atoms with E-state index in [1.54, 1.807) is 4.90 Å². The second-order valence-electron chi connectivity index (χ2n) is 8.25. The van der Waals surface area contributed by atoms with Crippen LogP contribution >= 0.6 is 7.82 Å². The molecule has 0 radical (unpaired) electrons. The van der Waals surface area contributed by atoms with Crippen LogP contribution in [0.2, 0.25) is 0 Å². The Hall–Kier alpha value is -0.640. The molecule has 8 unspecified atom stereocenters. The van der Waals surface area contributed by atoms with Crippen LogP contribution in [0, 0.1) is 0 Å². The predicted molar refractivity (Wildman–Crippen MR) is 109 cm³/mol. The van der Waals surface area contributed by atoms with E-state index in [0.29, 0.717) is 12.8 Å². The van der Waals surface area contributed by atoms with Gasteiger partial charge >= 0.3 is 43.3 Å². The van der Waals surface area contributed by atoms with Gasteiger partial charge in [-0.05, 0) is 18.7 Å². The Balaban J connectivity index is 0.00000324. The van der Waals surface area contributed by atoms with E-state index in [-0.39, 0.29) is 67.5 Å². The fourth-order valence-electron chi connectivity index (χ4n) is 4.33. The summed E-state index contributed by atoms with van der Waals surface area (Å²) in [6.45, 7) is 3.63. The zero-order chi connectivity index (χ0) is 23.8. The van der Waals surface area contributed by atoms with Gasteiger partial charge in [0.25, 0.3) is 0 Å². The van der Waals surface area contributed by atoms with Crippen molar-refractivity contribution in [2.24, 2.45) is 4.99 Å². The van der Waals surface area contributed by atoms with Crippen molar-refractivity contribution < 1.29 is 72.2 Å². The van der Waals surface area contributed by atoms with E-state index in [1.165, 1.54) is 0 Å². The van der Waals surface area contributed by atoms with Crippen LogP contribution in [-0.2, 0) is 32.7 Å². The van der Waals surface area contributed by atoms with Gasteiger partial charge in [-0.15, -0.1) is 0 Å². The molecule has 1 amide bonds. The van der Waals surface area contributed by atoms with E-state index >= 15 is 0 Å². The molecule has 8 atom stereocenters. The monoisotopic (exact) mass is 513 g/mol. The van der Waals surface area contributed by atoms with E-state index in [0.717, 1.165) is 0 Å². The number of phosphoric acid groups is 1. The Morgan fingerprint density at radius 3 is 2.79 bits per heavy atom. The number of ether oxygens (including phenoxy) is 2. The number of nitrogens with one attached hydrogen (secondary N) is 3. The summed E-state index contributed by atoms with van der Waals surface area (Å²) in [5.74, 6) is -1.20. The van der Waals surface area contributed by atoms with E-state index < -0.39 is 56.8 Å². The molecule has 4 aliphatic rings. The van der Waals surface area contributed by atoms with Gasteiger partial charge < -0.3 is 24.8 Å². The number of carbonyl (C=O) groups is 2. The molecule has 4 N–H and O–H groups in total. The van der Waals surface area contributed by atoms with Crippen LogP contribution in [0.5, 0.6) is 0 Å². The third-order valence-corrected chi connectivity index (χ3v) is 6.77. The SMILES string of the molecule is CCCC(=O)OC1C2OP(=O)(O)OCC2OC1N1CNC2C(=O)NC(N=C([O-])CCC)NC21.[Na+]. The minimum absolute atomic E-state index is 0. The van der Waals surface area contributed by atoms with Crippen LogP contribution in [0.4, 0.5) is 0 Å². The predicted octanol–water partition coefficient (Wildman–Crippen LogP) is -4.94. The molecule has 0 bridgehead atoms. The number of phosphoric ester groups is 1. The average molecular weight is 513 g/mol. The molecule has 4 rings (SSSR count). The number of hydrogen-bond donors (Lipinski definition) is 4. The van der Waals surface area contributed by atoms with Gasteiger partial charge in [-0.1, -0.05) is 20.3 Å². The van der Waals surface area contributed by atoms with E-state index in [4.69, 9.17) is 18.5 Å².